The number of pyridine rings is 1. The third kappa shape index (κ3) is 3.06. The van der Waals surface area contributed by atoms with Crippen LogP contribution in [0.25, 0.3) is 21.8 Å². The number of azo groups is 1. The number of para-hydroxylation sites is 2. The van der Waals surface area contributed by atoms with Gasteiger partial charge in [-0.15, -0.1) is 10.2 Å². The number of aromatic nitrogens is 2. The molecule has 0 unspecified atom stereocenters. The highest BCUT2D eigenvalue weighted by molar-refractivity contribution is 5.97. The van der Waals surface area contributed by atoms with Crippen molar-refractivity contribution in [3.05, 3.63) is 66.4 Å². The highest BCUT2D eigenvalue weighted by Gasteiger charge is 2.16. The molecule has 2 aromatic heterocycles. The number of nitrogens with zero attached hydrogens (tertiary/aromatic N) is 4. The molecule has 4 rings (SSSR count). The molecule has 0 bridgehead atoms. The maximum atomic E-state index is 12.4. The van der Waals surface area contributed by atoms with Crippen LogP contribution < -0.4 is 0 Å². The Labute approximate surface area is 155 Å². The smallest absolute Gasteiger partial charge is 0.313 e. The molecule has 134 valence electrons. The Morgan fingerprint density at radius 1 is 1.07 bits per heavy atom. The first-order chi connectivity index (χ1) is 13.2. The minimum absolute atomic E-state index is 0.0149. The summed E-state index contributed by atoms with van der Waals surface area (Å²) in [4.78, 5) is 16.8. The van der Waals surface area contributed by atoms with Crippen LogP contribution in [0, 0.1) is 0 Å². The number of benzene rings is 2. The predicted octanol–water partition coefficient (Wildman–Crippen LogP) is 5.23. The van der Waals surface area contributed by atoms with Gasteiger partial charge in [0.1, 0.15) is 5.69 Å². The maximum Gasteiger partial charge on any atom is 0.313 e. The van der Waals surface area contributed by atoms with Crippen molar-refractivity contribution in [2.24, 2.45) is 10.2 Å². The van der Waals surface area contributed by atoms with E-state index in [1.54, 1.807) is 10.6 Å². The van der Waals surface area contributed by atoms with Crippen LogP contribution in [0.5, 0.6) is 5.88 Å². The number of aryl methyl sites for hydroxylation is 1. The molecule has 0 saturated carbocycles. The summed E-state index contributed by atoms with van der Waals surface area (Å²) >= 11 is 0. The number of carbonyl (C=O) groups is 1. The van der Waals surface area contributed by atoms with Gasteiger partial charge in [-0.3, -0.25) is 4.79 Å². The Bertz CT molecular complexity index is 1180. The molecule has 0 aliphatic heterocycles. The highest BCUT2D eigenvalue weighted by Crippen LogP contribution is 2.38. The molecule has 4 aromatic rings. The zero-order chi connectivity index (χ0) is 18.8. The molecule has 0 atom stereocenters. The van der Waals surface area contributed by atoms with Crippen LogP contribution in [0.3, 0.4) is 0 Å². The molecule has 0 saturated heterocycles. The summed E-state index contributed by atoms with van der Waals surface area (Å²) in [5, 5.41) is 20.1. The SMILES string of the molecule is CCCn1c(O)c(N=NC(=O)c2ccc3ccccc3n2)c2ccccc21. The summed E-state index contributed by atoms with van der Waals surface area (Å²) < 4.78 is 1.78. The van der Waals surface area contributed by atoms with Gasteiger partial charge in [-0.25, -0.2) is 4.98 Å². The Hall–Kier alpha value is -3.54. The van der Waals surface area contributed by atoms with Crippen LogP contribution in [0.4, 0.5) is 5.69 Å². The molecule has 2 aromatic carbocycles. The largest absolute Gasteiger partial charge is 0.493 e. The number of hydrogen-bond acceptors (Lipinski definition) is 4. The number of fused-ring (bicyclic) bond motifs is 2. The van der Waals surface area contributed by atoms with Gasteiger partial charge in [-0.1, -0.05) is 49.4 Å². The van der Waals surface area contributed by atoms with Crippen molar-refractivity contribution in [1.29, 1.82) is 0 Å². The summed E-state index contributed by atoms with van der Waals surface area (Å²) in [6, 6.07) is 18.5. The third-order valence-corrected chi connectivity index (χ3v) is 4.42. The Morgan fingerprint density at radius 2 is 1.85 bits per heavy atom. The van der Waals surface area contributed by atoms with E-state index < -0.39 is 5.91 Å². The summed E-state index contributed by atoms with van der Waals surface area (Å²) in [5.41, 5.74) is 2.10. The summed E-state index contributed by atoms with van der Waals surface area (Å²) in [6.07, 6.45) is 0.864. The summed E-state index contributed by atoms with van der Waals surface area (Å²) in [5.74, 6) is -0.534. The average Bonchev–Trinajstić information content (AvgIpc) is 2.97. The summed E-state index contributed by atoms with van der Waals surface area (Å²) in [7, 11) is 0. The highest BCUT2D eigenvalue weighted by atomic mass is 16.3. The Morgan fingerprint density at radius 3 is 2.70 bits per heavy atom. The average molecular weight is 358 g/mol. The second-order valence-corrected chi connectivity index (χ2v) is 6.24. The van der Waals surface area contributed by atoms with E-state index in [0.717, 1.165) is 28.2 Å². The van der Waals surface area contributed by atoms with E-state index >= 15 is 0 Å². The number of amides is 1. The van der Waals surface area contributed by atoms with Gasteiger partial charge in [0.05, 0.1) is 11.0 Å². The lowest BCUT2D eigenvalue weighted by Gasteiger charge is -2.03. The van der Waals surface area contributed by atoms with E-state index in [2.05, 4.69) is 15.2 Å². The molecule has 1 amide bonds. The predicted molar refractivity (Wildman–Crippen MR) is 104 cm³/mol. The van der Waals surface area contributed by atoms with Crippen molar-refractivity contribution >= 4 is 33.4 Å². The van der Waals surface area contributed by atoms with Crippen LogP contribution in [0.2, 0.25) is 0 Å². The fourth-order valence-corrected chi connectivity index (χ4v) is 3.15. The zero-order valence-corrected chi connectivity index (χ0v) is 14.8. The van der Waals surface area contributed by atoms with Crippen LogP contribution in [0.15, 0.2) is 70.9 Å². The van der Waals surface area contributed by atoms with E-state index in [0.29, 0.717) is 12.2 Å². The molecular weight excluding hydrogens is 340 g/mol. The lowest BCUT2D eigenvalue weighted by Crippen LogP contribution is -1.97. The fraction of sp³-hybridized carbons (Fsp3) is 0.143. The Kier molecular flexibility index (Phi) is 4.38. The molecule has 0 aliphatic rings. The van der Waals surface area contributed by atoms with Gasteiger partial charge in [0, 0.05) is 17.3 Å². The Balaban J connectivity index is 1.71. The van der Waals surface area contributed by atoms with Gasteiger partial charge < -0.3 is 9.67 Å². The maximum absolute atomic E-state index is 12.4. The lowest BCUT2D eigenvalue weighted by molar-refractivity contribution is 0.0990. The van der Waals surface area contributed by atoms with Crippen LogP contribution >= 0.6 is 0 Å². The van der Waals surface area contributed by atoms with Crippen molar-refractivity contribution in [3.63, 3.8) is 0 Å². The monoisotopic (exact) mass is 358 g/mol. The quantitative estimate of drug-likeness (QED) is 0.507. The molecular formula is C21H18N4O2. The van der Waals surface area contributed by atoms with Crippen LogP contribution in [0.1, 0.15) is 23.8 Å². The van der Waals surface area contributed by atoms with Crippen LogP contribution in [-0.2, 0) is 6.54 Å². The van der Waals surface area contributed by atoms with Gasteiger partial charge in [0.2, 0.25) is 5.88 Å². The first-order valence-corrected chi connectivity index (χ1v) is 8.81. The van der Waals surface area contributed by atoms with Crippen molar-refractivity contribution in [2.45, 2.75) is 19.9 Å². The van der Waals surface area contributed by atoms with E-state index in [1.165, 1.54) is 0 Å². The first-order valence-electron chi connectivity index (χ1n) is 8.81. The van der Waals surface area contributed by atoms with Gasteiger partial charge in [0.15, 0.2) is 5.69 Å². The van der Waals surface area contributed by atoms with Gasteiger partial charge in [0.25, 0.3) is 0 Å². The van der Waals surface area contributed by atoms with Gasteiger partial charge in [-0.05, 0) is 24.6 Å². The lowest BCUT2D eigenvalue weighted by atomic mass is 10.2. The number of hydrogen-bond donors (Lipinski definition) is 1. The van der Waals surface area contributed by atoms with Crippen molar-refractivity contribution < 1.29 is 9.90 Å². The molecule has 0 fully saturated rings. The number of carbonyl (C=O) groups excluding carboxylic acids is 1. The second-order valence-electron chi connectivity index (χ2n) is 6.24. The molecule has 0 radical (unpaired) electrons. The van der Waals surface area contributed by atoms with Crippen molar-refractivity contribution in [3.8, 4) is 5.88 Å². The van der Waals surface area contributed by atoms with E-state index in [1.807, 2.05) is 61.5 Å². The molecule has 0 spiro atoms. The molecule has 2 heterocycles. The van der Waals surface area contributed by atoms with Crippen molar-refractivity contribution in [2.75, 3.05) is 0 Å². The molecule has 27 heavy (non-hydrogen) atoms. The van der Waals surface area contributed by atoms with Gasteiger partial charge >= 0.3 is 5.91 Å². The van der Waals surface area contributed by atoms with Crippen LogP contribution in [-0.4, -0.2) is 20.6 Å². The van der Waals surface area contributed by atoms with E-state index in [4.69, 9.17) is 0 Å². The van der Waals surface area contributed by atoms with E-state index in [-0.39, 0.29) is 11.6 Å². The first kappa shape index (κ1) is 16.9. The molecule has 6 heteroatoms. The molecule has 0 aliphatic carbocycles. The second kappa shape index (κ2) is 6.99. The standard InChI is InChI=1S/C21H18N4O2/c1-2-13-25-18-10-6-4-8-15(18)19(21(25)27)23-24-20(26)17-12-11-14-7-3-5-9-16(14)22-17/h3-12,27H,2,13H2,1H3. The fourth-order valence-electron chi connectivity index (χ4n) is 3.15. The molecule has 1 N–H and O–H groups in total. The number of rotatable bonds is 4. The number of aromatic hydroxyl groups is 1. The van der Waals surface area contributed by atoms with Crippen molar-refractivity contribution in [1.82, 2.24) is 9.55 Å². The van der Waals surface area contributed by atoms with E-state index in [9.17, 15) is 9.90 Å². The minimum atomic E-state index is -0.549. The van der Waals surface area contributed by atoms with Gasteiger partial charge in [-0.2, -0.15) is 0 Å². The zero-order valence-electron chi connectivity index (χ0n) is 14.8. The minimum Gasteiger partial charge on any atom is -0.493 e. The topological polar surface area (TPSA) is 79.8 Å². The third-order valence-electron chi connectivity index (χ3n) is 4.42. The normalized spacial score (nSPS) is 11.6. The summed E-state index contributed by atoms with van der Waals surface area (Å²) in [6.45, 7) is 2.69. The molecule has 6 nitrogen and oxygen atoms in total.